The summed E-state index contributed by atoms with van der Waals surface area (Å²) in [7, 11) is 0. The van der Waals surface area contributed by atoms with Gasteiger partial charge in [0.05, 0.1) is 32.0 Å². The van der Waals surface area contributed by atoms with Gasteiger partial charge in [0.2, 0.25) is 5.79 Å². The van der Waals surface area contributed by atoms with Gasteiger partial charge in [-0.2, -0.15) is 0 Å². The maximum atomic E-state index is 13.9. The first-order valence-electron chi connectivity index (χ1n) is 11.1. The zero-order valence-electron chi connectivity index (χ0n) is 19.0. The number of nitrogens with zero attached hydrogens (tertiary/aromatic N) is 2. The van der Waals surface area contributed by atoms with Crippen molar-refractivity contribution < 1.29 is 41.4 Å². The highest BCUT2D eigenvalue weighted by atomic mass is 19.4. The molecule has 2 aliphatic heterocycles. The number of hydrogen-bond donors (Lipinski definition) is 2. The molecule has 13 heteroatoms. The van der Waals surface area contributed by atoms with Crippen LogP contribution in [0.25, 0.3) is 0 Å². The van der Waals surface area contributed by atoms with Crippen LogP contribution in [-0.4, -0.2) is 73.4 Å². The van der Waals surface area contributed by atoms with Crippen LogP contribution in [0.4, 0.5) is 38.5 Å². The number of urea groups is 2. The number of hydrogen-bond acceptors (Lipinski definition) is 5. The van der Waals surface area contributed by atoms with Crippen molar-refractivity contribution in [3.8, 4) is 5.75 Å². The highest BCUT2D eigenvalue weighted by Crippen LogP contribution is 2.27. The van der Waals surface area contributed by atoms with Crippen LogP contribution in [0.1, 0.15) is 6.42 Å². The molecule has 2 heterocycles. The van der Waals surface area contributed by atoms with Gasteiger partial charge in [0, 0.05) is 18.8 Å². The highest BCUT2D eigenvalue weighted by molar-refractivity contribution is 5.90. The maximum Gasteiger partial charge on any atom is 0.573 e. The van der Waals surface area contributed by atoms with Crippen LogP contribution in [0.2, 0.25) is 0 Å². The lowest BCUT2D eigenvalue weighted by Crippen LogP contribution is -2.60. The first-order chi connectivity index (χ1) is 17.1. The monoisotopic (exact) mass is 512 g/mol. The number of anilines is 2. The van der Waals surface area contributed by atoms with E-state index in [9.17, 15) is 27.2 Å². The van der Waals surface area contributed by atoms with Gasteiger partial charge in [0.1, 0.15) is 11.6 Å². The molecule has 4 amide bonds. The van der Waals surface area contributed by atoms with E-state index >= 15 is 0 Å². The molecular weight excluding hydrogens is 488 g/mol. The second-order valence-electron chi connectivity index (χ2n) is 8.22. The molecule has 194 valence electrons. The van der Waals surface area contributed by atoms with E-state index in [1.165, 1.54) is 40.1 Å². The number of carbonyl (C=O) groups excluding carboxylic acids is 2. The minimum Gasteiger partial charge on any atom is -0.406 e. The van der Waals surface area contributed by atoms with Gasteiger partial charge in [-0.3, -0.25) is 0 Å². The number of carbonyl (C=O) groups is 2. The number of halogens is 4. The Hall–Kier alpha value is -3.58. The fourth-order valence-electron chi connectivity index (χ4n) is 3.92. The summed E-state index contributed by atoms with van der Waals surface area (Å²) in [6.07, 6.45) is -4.32. The van der Waals surface area contributed by atoms with Gasteiger partial charge in [0.15, 0.2) is 0 Å². The molecule has 0 saturated carbocycles. The minimum absolute atomic E-state index is 0.000540. The summed E-state index contributed by atoms with van der Waals surface area (Å²) in [5.41, 5.74) is 0.307. The summed E-state index contributed by atoms with van der Waals surface area (Å²) in [4.78, 5) is 28.6. The number of benzene rings is 2. The molecule has 2 saturated heterocycles. The number of ether oxygens (including phenoxy) is 3. The normalized spacial score (nSPS) is 20.6. The third kappa shape index (κ3) is 6.55. The van der Waals surface area contributed by atoms with E-state index in [1.807, 2.05) is 0 Å². The summed E-state index contributed by atoms with van der Waals surface area (Å²) < 4.78 is 66.6. The summed E-state index contributed by atoms with van der Waals surface area (Å²) in [5.74, 6) is -2.27. The molecule has 2 aromatic rings. The molecule has 2 aromatic carbocycles. The van der Waals surface area contributed by atoms with Gasteiger partial charge < -0.3 is 34.6 Å². The minimum atomic E-state index is -4.81. The first-order valence-corrected chi connectivity index (χ1v) is 11.1. The molecule has 1 spiro atoms. The van der Waals surface area contributed by atoms with Crippen LogP contribution >= 0.6 is 0 Å². The Morgan fingerprint density at radius 1 is 0.889 bits per heavy atom. The average molecular weight is 512 g/mol. The summed E-state index contributed by atoms with van der Waals surface area (Å²) in [5, 5.41) is 5.16. The van der Waals surface area contributed by atoms with E-state index in [0.29, 0.717) is 13.0 Å². The second-order valence-corrected chi connectivity index (χ2v) is 8.22. The summed E-state index contributed by atoms with van der Waals surface area (Å²) >= 11 is 0. The second kappa shape index (κ2) is 10.6. The van der Waals surface area contributed by atoms with Gasteiger partial charge in [0.25, 0.3) is 0 Å². The Morgan fingerprint density at radius 3 is 2.22 bits per heavy atom. The largest absolute Gasteiger partial charge is 0.573 e. The Kier molecular flexibility index (Phi) is 7.50. The van der Waals surface area contributed by atoms with Crippen molar-refractivity contribution in [1.29, 1.82) is 0 Å². The zero-order valence-corrected chi connectivity index (χ0v) is 19.0. The van der Waals surface area contributed by atoms with E-state index in [2.05, 4.69) is 15.4 Å². The standard InChI is InChI=1S/C23H24F4N4O5/c24-18-4-1-2-5-19(18)29-21(33)31-11-13-35-22(15-31)14-30(10-3-12-34-22)20(32)28-16-6-8-17(9-7-16)36-23(25,26)27/h1-2,4-9H,3,10-15H2,(H,28,32)(H,29,33). The highest BCUT2D eigenvalue weighted by Gasteiger charge is 2.43. The maximum absolute atomic E-state index is 13.9. The first kappa shape index (κ1) is 25.5. The van der Waals surface area contributed by atoms with Gasteiger partial charge >= 0.3 is 18.4 Å². The van der Waals surface area contributed by atoms with Gasteiger partial charge in [-0.15, -0.1) is 13.2 Å². The lowest BCUT2D eigenvalue weighted by Gasteiger charge is -2.42. The molecule has 0 aliphatic carbocycles. The third-order valence-corrected chi connectivity index (χ3v) is 5.56. The molecule has 0 radical (unpaired) electrons. The van der Waals surface area contributed by atoms with Crippen LogP contribution < -0.4 is 15.4 Å². The number of para-hydroxylation sites is 1. The van der Waals surface area contributed by atoms with E-state index in [0.717, 1.165) is 12.1 Å². The number of nitrogens with one attached hydrogen (secondary N) is 2. The Bertz CT molecular complexity index is 1080. The van der Waals surface area contributed by atoms with E-state index < -0.39 is 35.8 Å². The lowest BCUT2D eigenvalue weighted by molar-refractivity contribution is -0.274. The van der Waals surface area contributed by atoms with E-state index in [1.54, 1.807) is 6.07 Å². The third-order valence-electron chi connectivity index (χ3n) is 5.56. The zero-order chi connectivity index (χ0) is 25.8. The number of alkyl halides is 3. The van der Waals surface area contributed by atoms with Crippen LogP contribution in [0.5, 0.6) is 5.75 Å². The van der Waals surface area contributed by atoms with Crippen molar-refractivity contribution in [3.05, 3.63) is 54.3 Å². The number of rotatable bonds is 3. The van der Waals surface area contributed by atoms with Crippen molar-refractivity contribution >= 4 is 23.4 Å². The van der Waals surface area contributed by atoms with E-state index in [-0.39, 0.29) is 44.2 Å². The van der Waals surface area contributed by atoms with Crippen LogP contribution in [0.15, 0.2) is 48.5 Å². The van der Waals surface area contributed by atoms with Gasteiger partial charge in [-0.1, -0.05) is 12.1 Å². The van der Waals surface area contributed by atoms with Crippen LogP contribution in [-0.2, 0) is 9.47 Å². The summed E-state index contributed by atoms with van der Waals surface area (Å²) in [6.45, 7) is 0.979. The topological polar surface area (TPSA) is 92.4 Å². The number of morpholine rings is 1. The van der Waals surface area contributed by atoms with Crippen molar-refractivity contribution in [2.24, 2.45) is 0 Å². The SMILES string of the molecule is O=C(Nc1ccc(OC(F)(F)F)cc1)N1CCCOC2(C1)CN(C(=O)Nc1ccccc1F)CCO2. The molecular formula is C23H24F4N4O5. The fraction of sp³-hybridized carbons (Fsp3) is 0.391. The Labute approximate surface area is 203 Å². The molecule has 2 fully saturated rings. The molecule has 36 heavy (non-hydrogen) atoms. The van der Waals surface area contributed by atoms with Crippen molar-refractivity contribution in [3.63, 3.8) is 0 Å². The molecule has 2 aliphatic rings. The molecule has 1 atom stereocenters. The number of amides is 4. The average Bonchev–Trinajstić information content (AvgIpc) is 3.03. The summed E-state index contributed by atoms with van der Waals surface area (Å²) in [6, 6.07) is 9.49. The van der Waals surface area contributed by atoms with Crippen LogP contribution in [0, 0.1) is 5.82 Å². The quantitative estimate of drug-likeness (QED) is 0.601. The Morgan fingerprint density at radius 2 is 1.53 bits per heavy atom. The van der Waals surface area contributed by atoms with Crippen LogP contribution in [0.3, 0.4) is 0 Å². The molecule has 4 rings (SSSR count). The predicted octanol–water partition coefficient (Wildman–Crippen LogP) is 4.24. The molecule has 2 N–H and O–H groups in total. The fourth-order valence-corrected chi connectivity index (χ4v) is 3.92. The molecule has 1 unspecified atom stereocenters. The van der Waals surface area contributed by atoms with Crippen molar-refractivity contribution in [2.75, 3.05) is 50.0 Å². The molecule has 9 nitrogen and oxygen atoms in total. The van der Waals surface area contributed by atoms with Crippen molar-refractivity contribution in [1.82, 2.24) is 9.80 Å². The van der Waals surface area contributed by atoms with Gasteiger partial charge in [-0.05, 0) is 42.8 Å². The Balaban J connectivity index is 1.39. The molecule has 0 aromatic heterocycles. The smallest absolute Gasteiger partial charge is 0.406 e. The lowest BCUT2D eigenvalue weighted by atomic mass is 10.2. The predicted molar refractivity (Wildman–Crippen MR) is 120 cm³/mol. The van der Waals surface area contributed by atoms with E-state index in [4.69, 9.17) is 9.47 Å². The van der Waals surface area contributed by atoms with Crippen molar-refractivity contribution in [2.45, 2.75) is 18.6 Å². The molecule has 0 bridgehead atoms. The van der Waals surface area contributed by atoms with Gasteiger partial charge in [-0.25, -0.2) is 14.0 Å².